The lowest BCUT2D eigenvalue weighted by Crippen LogP contribution is -2.09. The van der Waals surface area contributed by atoms with Gasteiger partial charge in [-0.2, -0.15) is 0 Å². The first-order valence-corrected chi connectivity index (χ1v) is 6.98. The molecular weight excluding hydrogens is 252 g/mol. The van der Waals surface area contributed by atoms with E-state index in [4.69, 9.17) is 5.84 Å². The number of benzene rings is 1. The standard InChI is InChI=1S/C11H12N4S2/c1-16-11-13-9(15-12)7-10(14-11)17-8-5-3-2-4-6-8/h2-7H,12H2,1H3,(H,13,14,15). The molecule has 0 aliphatic heterocycles. The molecule has 17 heavy (non-hydrogen) atoms. The van der Waals surface area contributed by atoms with Crippen LogP contribution in [0.3, 0.4) is 0 Å². The summed E-state index contributed by atoms with van der Waals surface area (Å²) in [6, 6.07) is 11.9. The van der Waals surface area contributed by atoms with E-state index in [1.165, 1.54) is 11.8 Å². The van der Waals surface area contributed by atoms with Crippen LogP contribution < -0.4 is 11.3 Å². The molecule has 0 aliphatic carbocycles. The smallest absolute Gasteiger partial charge is 0.190 e. The van der Waals surface area contributed by atoms with Crippen molar-refractivity contribution >= 4 is 29.3 Å². The molecule has 0 spiro atoms. The molecule has 0 saturated heterocycles. The van der Waals surface area contributed by atoms with Crippen molar-refractivity contribution < 1.29 is 0 Å². The maximum Gasteiger partial charge on any atom is 0.190 e. The normalized spacial score (nSPS) is 10.2. The van der Waals surface area contributed by atoms with Crippen molar-refractivity contribution in [3.8, 4) is 0 Å². The number of aromatic nitrogens is 2. The van der Waals surface area contributed by atoms with Gasteiger partial charge in [-0.1, -0.05) is 41.7 Å². The molecule has 0 fully saturated rings. The molecule has 2 rings (SSSR count). The molecule has 0 saturated carbocycles. The van der Waals surface area contributed by atoms with Crippen LogP contribution in [0.5, 0.6) is 0 Å². The molecular formula is C11H12N4S2. The molecule has 0 atom stereocenters. The van der Waals surface area contributed by atoms with Crippen LogP contribution in [0.2, 0.25) is 0 Å². The minimum Gasteiger partial charge on any atom is -0.308 e. The zero-order valence-electron chi connectivity index (χ0n) is 9.25. The second kappa shape index (κ2) is 5.90. The summed E-state index contributed by atoms with van der Waals surface area (Å²) < 4.78 is 0. The third kappa shape index (κ3) is 3.36. The first-order valence-electron chi connectivity index (χ1n) is 4.94. The maximum atomic E-state index is 5.38. The topological polar surface area (TPSA) is 63.8 Å². The van der Waals surface area contributed by atoms with Crippen molar-refractivity contribution in [1.82, 2.24) is 9.97 Å². The van der Waals surface area contributed by atoms with Crippen LogP contribution in [0.15, 0.2) is 51.5 Å². The number of hydrogen-bond acceptors (Lipinski definition) is 6. The highest BCUT2D eigenvalue weighted by Gasteiger charge is 2.04. The van der Waals surface area contributed by atoms with Gasteiger partial charge in [0.1, 0.15) is 10.8 Å². The van der Waals surface area contributed by atoms with Crippen LogP contribution in [0.25, 0.3) is 0 Å². The van der Waals surface area contributed by atoms with Gasteiger partial charge in [-0.3, -0.25) is 0 Å². The predicted molar refractivity (Wildman–Crippen MR) is 72.2 cm³/mol. The lowest BCUT2D eigenvalue weighted by molar-refractivity contribution is 0.893. The number of nitrogens with zero attached hydrogens (tertiary/aromatic N) is 2. The summed E-state index contributed by atoms with van der Waals surface area (Å²) in [6.45, 7) is 0. The quantitative estimate of drug-likeness (QED) is 0.291. The Morgan fingerprint density at radius 3 is 2.59 bits per heavy atom. The van der Waals surface area contributed by atoms with Crippen LogP contribution >= 0.6 is 23.5 Å². The van der Waals surface area contributed by atoms with Gasteiger partial charge in [-0.05, 0) is 18.4 Å². The van der Waals surface area contributed by atoms with Gasteiger partial charge in [-0.25, -0.2) is 15.8 Å². The molecule has 1 aromatic heterocycles. The van der Waals surface area contributed by atoms with Crippen molar-refractivity contribution in [3.63, 3.8) is 0 Å². The number of rotatable bonds is 4. The summed E-state index contributed by atoms with van der Waals surface area (Å²) in [5.74, 6) is 6.00. The van der Waals surface area contributed by atoms with Gasteiger partial charge in [-0.15, -0.1) is 0 Å². The van der Waals surface area contributed by atoms with Crippen LogP contribution in [-0.2, 0) is 0 Å². The molecule has 1 aromatic carbocycles. The van der Waals surface area contributed by atoms with Gasteiger partial charge >= 0.3 is 0 Å². The highest BCUT2D eigenvalue weighted by Crippen LogP contribution is 2.28. The minimum absolute atomic E-state index is 0.628. The lowest BCUT2D eigenvalue weighted by atomic mass is 10.4. The molecule has 0 amide bonds. The van der Waals surface area contributed by atoms with Crippen LogP contribution in [0, 0.1) is 0 Å². The summed E-state index contributed by atoms with van der Waals surface area (Å²) in [5, 5.41) is 1.59. The van der Waals surface area contributed by atoms with Crippen molar-refractivity contribution in [3.05, 3.63) is 36.4 Å². The van der Waals surface area contributed by atoms with Gasteiger partial charge in [0.2, 0.25) is 0 Å². The fraction of sp³-hybridized carbons (Fsp3) is 0.0909. The average Bonchev–Trinajstić information content (AvgIpc) is 2.39. The summed E-state index contributed by atoms with van der Waals surface area (Å²) in [6.07, 6.45) is 1.94. The van der Waals surface area contributed by atoms with E-state index in [0.29, 0.717) is 11.0 Å². The Kier molecular flexibility index (Phi) is 4.24. The summed E-state index contributed by atoms with van der Waals surface area (Å²) in [4.78, 5) is 9.77. The van der Waals surface area contributed by atoms with Crippen LogP contribution in [0.4, 0.5) is 5.82 Å². The average molecular weight is 264 g/mol. The van der Waals surface area contributed by atoms with Crippen LogP contribution in [0.1, 0.15) is 0 Å². The van der Waals surface area contributed by atoms with Crippen molar-refractivity contribution in [2.45, 2.75) is 15.1 Å². The summed E-state index contributed by atoms with van der Waals surface area (Å²) in [5.41, 5.74) is 2.55. The molecule has 6 heteroatoms. The summed E-state index contributed by atoms with van der Waals surface area (Å²) in [7, 11) is 0. The Balaban J connectivity index is 2.26. The van der Waals surface area contributed by atoms with E-state index in [2.05, 4.69) is 15.4 Å². The Morgan fingerprint density at radius 2 is 1.94 bits per heavy atom. The highest BCUT2D eigenvalue weighted by atomic mass is 32.2. The fourth-order valence-electron chi connectivity index (χ4n) is 1.23. The van der Waals surface area contributed by atoms with Crippen molar-refractivity contribution in [2.75, 3.05) is 11.7 Å². The molecule has 3 N–H and O–H groups in total. The summed E-state index contributed by atoms with van der Waals surface area (Å²) >= 11 is 3.08. The van der Waals surface area contributed by atoms with Gasteiger partial charge in [0.25, 0.3) is 0 Å². The highest BCUT2D eigenvalue weighted by molar-refractivity contribution is 7.99. The number of nitrogen functional groups attached to an aromatic ring is 1. The molecule has 0 aliphatic rings. The lowest BCUT2D eigenvalue weighted by Gasteiger charge is -2.05. The molecule has 1 heterocycles. The van der Waals surface area contributed by atoms with Gasteiger partial charge in [0.05, 0.1) is 0 Å². The number of thioether (sulfide) groups is 1. The number of nitrogens with two attached hydrogens (primary N) is 1. The number of hydrogen-bond donors (Lipinski definition) is 2. The second-order valence-corrected chi connectivity index (χ2v) is 5.00. The molecule has 88 valence electrons. The third-order valence-corrected chi connectivity index (χ3v) is 3.45. The van der Waals surface area contributed by atoms with E-state index in [1.54, 1.807) is 11.8 Å². The van der Waals surface area contributed by atoms with E-state index in [0.717, 1.165) is 9.92 Å². The van der Waals surface area contributed by atoms with E-state index in [9.17, 15) is 0 Å². The predicted octanol–water partition coefficient (Wildman–Crippen LogP) is 2.64. The molecule has 0 unspecified atom stereocenters. The fourth-order valence-corrected chi connectivity index (χ4v) is 2.51. The Morgan fingerprint density at radius 1 is 1.18 bits per heavy atom. The number of nitrogens with one attached hydrogen (secondary N) is 1. The zero-order chi connectivity index (χ0) is 12.1. The number of anilines is 1. The second-order valence-electron chi connectivity index (χ2n) is 3.14. The Hall–Kier alpha value is -1.24. The molecule has 2 aromatic rings. The first kappa shape index (κ1) is 12.2. The van der Waals surface area contributed by atoms with Crippen molar-refractivity contribution in [1.29, 1.82) is 0 Å². The first-order chi connectivity index (χ1) is 8.31. The van der Waals surface area contributed by atoms with E-state index in [1.807, 2.05) is 42.7 Å². The largest absolute Gasteiger partial charge is 0.308 e. The third-order valence-electron chi connectivity index (χ3n) is 1.98. The van der Waals surface area contributed by atoms with Crippen molar-refractivity contribution in [2.24, 2.45) is 5.84 Å². The Labute approximate surface area is 108 Å². The van der Waals surface area contributed by atoms with E-state index < -0.39 is 0 Å². The van der Waals surface area contributed by atoms with E-state index in [-0.39, 0.29) is 0 Å². The molecule has 4 nitrogen and oxygen atoms in total. The van der Waals surface area contributed by atoms with E-state index >= 15 is 0 Å². The van der Waals surface area contributed by atoms with Gasteiger partial charge in [0, 0.05) is 11.0 Å². The minimum atomic E-state index is 0.628. The molecule has 0 bridgehead atoms. The van der Waals surface area contributed by atoms with Gasteiger partial charge in [0.15, 0.2) is 5.16 Å². The van der Waals surface area contributed by atoms with Gasteiger partial charge < -0.3 is 5.43 Å². The van der Waals surface area contributed by atoms with Crippen LogP contribution in [-0.4, -0.2) is 16.2 Å². The monoisotopic (exact) mass is 264 g/mol. The molecule has 0 radical (unpaired) electrons. The maximum absolute atomic E-state index is 5.38. The Bertz CT molecular complexity index is 468. The number of hydrazine groups is 1. The SMILES string of the molecule is CSc1nc(NN)cc(Sc2ccccc2)n1. The zero-order valence-corrected chi connectivity index (χ0v) is 10.9.